The van der Waals surface area contributed by atoms with Crippen LogP contribution in [0.2, 0.25) is 0 Å². The maximum Gasteiger partial charge on any atom is 0.146 e. The van der Waals surface area contributed by atoms with E-state index >= 15 is 0 Å². The molecule has 0 aromatic heterocycles. The minimum absolute atomic E-state index is 0.161. The Labute approximate surface area is 103 Å². The van der Waals surface area contributed by atoms with Crippen molar-refractivity contribution in [2.45, 2.75) is 52.6 Å². The van der Waals surface area contributed by atoms with Gasteiger partial charge in [0.2, 0.25) is 0 Å². The molecule has 0 radical (unpaired) electrons. The molecule has 0 aliphatic heterocycles. The highest BCUT2D eigenvalue weighted by Gasteiger charge is 2.17. The van der Waals surface area contributed by atoms with Crippen molar-refractivity contribution in [3.8, 4) is 5.75 Å². The number of ether oxygens (including phenoxy) is 1. The first kappa shape index (κ1) is 13.8. The van der Waals surface area contributed by atoms with Gasteiger partial charge in [0, 0.05) is 6.07 Å². The number of hydrogen-bond acceptors (Lipinski definition) is 2. The van der Waals surface area contributed by atoms with E-state index < -0.39 is 0 Å². The lowest BCUT2D eigenvalue weighted by atomic mass is 10.2. The Balaban J connectivity index is 0.000000686. The molecule has 0 amide bonds. The molecule has 1 aromatic rings. The fraction of sp³-hybridized carbons (Fsp3) is 0.571. The first-order valence-electron chi connectivity index (χ1n) is 6.39. The molecule has 17 heavy (non-hydrogen) atoms. The average molecular weight is 239 g/mol. The second-order valence-electron chi connectivity index (χ2n) is 4.16. The fourth-order valence-electron chi connectivity index (χ4n) is 1.98. The Morgan fingerprint density at radius 2 is 1.82 bits per heavy atom. The van der Waals surface area contributed by atoms with Crippen molar-refractivity contribution in [1.82, 2.24) is 0 Å². The Kier molecular flexibility index (Phi) is 5.26. The first-order valence-corrected chi connectivity index (χ1v) is 6.39. The predicted octanol–water partition coefficient (Wildman–Crippen LogP) is 4.06. The number of rotatable bonds is 2. The van der Waals surface area contributed by atoms with Crippen molar-refractivity contribution in [3.63, 3.8) is 0 Å². The third-order valence-electron chi connectivity index (χ3n) is 2.89. The first-order chi connectivity index (χ1) is 8.16. The van der Waals surface area contributed by atoms with Gasteiger partial charge < -0.3 is 10.5 Å². The van der Waals surface area contributed by atoms with Gasteiger partial charge in [0.25, 0.3) is 0 Å². The molecule has 1 aromatic carbocycles. The molecule has 96 valence electrons. The predicted molar refractivity (Wildman–Crippen MR) is 69.8 cm³/mol. The largest absolute Gasteiger partial charge is 0.490 e. The molecule has 1 aliphatic carbocycles. The molecule has 0 atom stereocenters. The minimum Gasteiger partial charge on any atom is -0.490 e. The number of benzene rings is 1. The Morgan fingerprint density at radius 1 is 1.24 bits per heavy atom. The Bertz CT molecular complexity index is 359. The summed E-state index contributed by atoms with van der Waals surface area (Å²) in [6.45, 7) is 5.84. The van der Waals surface area contributed by atoms with E-state index in [4.69, 9.17) is 10.5 Å². The lowest BCUT2D eigenvalue weighted by Gasteiger charge is -2.15. The zero-order chi connectivity index (χ0) is 12.8. The van der Waals surface area contributed by atoms with Crippen molar-refractivity contribution >= 4 is 5.69 Å². The van der Waals surface area contributed by atoms with Gasteiger partial charge in [-0.3, -0.25) is 0 Å². The summed E-state index contributed by atoms with van der Waals surface area (Å²) >= 11 is 0. The second-order valence-corrected chi connectivity index (χ2v) is 4.16. The van der Waals surface area contributed by atoms with Crippen molar-refractivity contribution in [2.75, 3.05) is 5.73 Å². The number of nitrogen functional groups attached to an aromatic ring is 1. The number of aryl methyl sites for hydroxylation is 1. The number of anilines is 1. The van der Waals surface area contributed by atoms with Gasteiger partial charge in [-0.05, 0) is 44.2 Å². The van der Waals surface area contributed by atoms with Gasteiger partial charge in [-0.15, -0.1) is 0 Å². The van der Waals surface area contributed by atoms with Crippen LogP contribution in [-0.4, -0.2) is 6.10 Å². The van der Waals surface area contributed by atoms with E-state index in [2.05, 4.69) is 0 Å². The molecule has 1 aliphatic rings. The minimum atomic E-state index is -0.369. The van der Waals surface area contributed by atoms with E-state index in [-0.39, 0.29) is 17.6 Å². The van der Waals surface area contributed by atoms with E-state index in [1.807, 2.05) is 20.8 Å². The van der Waals surface area contributed by atoms with Gasteiger partial charge in [0.05, 0.1) is 11.8 Å². The molecule has 1 saturated carbocycles. The highest BCUT2D eigenvalue weighted by Crippen LogP contribution is 2.29. The second kappa shape index (κ2) is 6.48. The molecule has 3 heteroatoms. The normalized spacial score (nSPS) is 15.3. The highest BCUT2D eigenvalue weighted by molar-refractivity contribution is 5.49. The van der Waals surface area contributed by atoms with E-state index in [1.165, 1.54) is 18.9 Å². The van der Waals surface area contributed by atoms with Gasteiger partial charge in [0.1, 0.15) is 11.6 Å². The summed E-state index contributed by atoms with van der Waals surface area (Å²) in [6.07, 6.45) is 4.92. The SMILES string of the molecule is CC.Cc1cc(F)c(N)cc1OC1CCCC1. The topological polar surface area (TPSA) is 35.2 Å². The molecule has 2 nitrogen and oxygen atoms in total. The summed E-state index contributed by atoms with van der Waals surface area (Å²) in [5, 5.41) is 0. The lowest BCUT2D eigenvalue weighted by Crippen LogP contribution is -2.12. The van der Waals surface area contributed by atoms with Crippen LogP contribution < -0.4 is 10.5 Å². The van der Waals surface area contributed by atoms with Crippen LogP contribution in [-0.2, 0) is 0 Å². The smallest absolute Gasteiger partial charge is 0.146 e. The Hall–Kier alpha value is -1.25. The molecule has 0 spiro atoms. The van der Waals surface area contributed by atoms with E-state index in [0.29, 0.717) is 0 Å². The molecule has 2 N–H and O–H groups in total. The summed E-state index contributed by atoms with van der Waals surface area (Å²) < 4.78 is 18.9. The molecular weight excluding hydrogens is 217 g/mol. The van der Waals surface area contributed by atoms with E-state index in [1.54, 1.807) is 6.07 Å². The van der Waals surface area contributed by atoms with Crippen LogP contribution >= 0.6 is 0 Å². The number of halogens is 1. The van der Waals surface area contributed by atoms with Crippen molar-refractivity contribution in [3.05, 3.63) is 23.5 Å². The number of nitrogens with two attached hydrogens (primary N) is 1. The van der Waals surface area contributed by atoms with Crippen LogP contribution in [0, 0.1) is 12.7 Å². The van der Waals surface area contributed by atoms with Gasteiger partial charge in [0.15, 0.2) is 0 Å². The summed E-state index contributed by atoms with van der Waals surface area (Å²) in [5.41, 5.74) is 6.48. The Morgan fingerprint density at radius 3 is 2.41 bits per heavy atom. The molecule has 2 rings (SSSR count). The molecule has 0 unspecified atom stereocenters. The van der Waals surface area contributed by atoms with Crippen LogP contribution in [0.5, 0.6) is 5.75 Å². The lowest BCUT2D eigenvalue weighted by molar-refractivity contribution is 0.208. The van der Waals surface area contributed by atoms with Gasteiger partial charge in [-0.2, -0.15) is 0 Å². The van der Waals surface area contributed by atoms with Gasteiger partial charge in [-0.1, -0.05) is 13.8 Å². The van der Waals surface area contributed by atoms with Crippen molar-refractivity contribution < 1.29 is 9.13 Å². The van der Waals surface area contributed by atoms with Crippen LogP contribution in [0.25, 0.3) is 0 Å². The monoisotopic (exact) mass is 239 g/mol. The zero-order valence-electron chi connectivity index (χ0n) is 10.9. The van der Waals surface area contributed by atoms with Crippen molar-refractivity contribution in [1.29, 1.82) is 0 Å². The summed E-state index contributed by atoms with van der Waals surface area (Å²) in [4.78, 5) is 0. The quantitative estimate of drug-likeness (QED) is 0.790. The summed E-state index contributed by atoms with van der Waals surface area (Å²) in [6, 6.07) is 3.02. The van der Waals surface area contributed by atoms with E-state index in [0.717, 1.165) is 24.2 Å². The maximum absolute atomic E-state index is 13.1. The molecule has 0 saturated heterocycles. The third-order valence-corrected chi connectivity index (χ3v) is 2.89. The number of hydrogen-bond donors (Lipinski definition) is 1. The fourth-order valence-corrected chi connectivity index (χ4v) is 1.98. The van der Waals surface area contributed by atoms with Crippen LogP contribution in [0.1, 0.15) is 45.1 Å². The summed E-state index contributed by atoms with van der Waals surface area (Å²) in [7, 11) is 0. The van der Waals surface area contributed by atoms with E-state index in [9.17, 15) is 4.39 Å². The van der Waals surface area contributed by atoms with Crippen LogP contribution in [0.4, 0.5) is 10.1 Å². The van der Waals surface area contributed by atoms with Gasteiger partial charge in [-0.25, -0.2) is 4.39 Å². The molecular formula is C14H22FNO. The van der Waals surface area contributed by atoms with Crippen LogP contribution in [0.3, 0.4) is 0 Å². The standard InChI is InChI=1S/C12H16FNO.C2H6/c1-8-6-10(13)11(14)7-12(8)15-9-4-2-3-5-9;1-2/h6-7,9H,2-5,14H2,1H3;1-2H3. The molecule has 0 heterocycles. The molecule has 0 bridgehead atoms. The van der Waals surface area contributed by atoms with Gasteiger partial charge >= 0.3 is 0 Å². The summed E-state index contributed by atoms with van der Waals surface area (Å²) in [5.74, 6) is 0.354. The third kappa shape index (κ3) is 3.62. The maximum atomic E-state index is 13.1. The van der Waals surface area contributed by atoms with Crippen LogP contribution in [0.15, 0.2) is 12.1 Å². The van der Waals surface area contributed by atoms with Crippen molar-refractivity contribution in [2.24, 2.45) is 0 Å². The molecule has 1 fully saturated rings. The zero-order valence-corrected chi connectivity index (χ0v) is 10.9. The average Bonchev–Trinajstić information content (AvgIpc) is 2.81. The highest BCUT2D eigenvalue weighted by atomic mass is 19.1.